The SMILES string of the molecule is NC(=O)C(O)(NCC(=O)O)S(=O)(=O)c1ccc(Oc2ccc(Br)cc2)cc1. The molecule has 2 aromatic carbocycles. The lowest BCUT2D eigenvalue weighted by Gasteiger charge is -2.25. The second kappa shape index (κ2) is 8.05. The zero-order valence-electron chi connectivity index (χ0n) is 13.6. The number of carboxylic acid groups (broad SMARTS) is 1. The van der Waals surface area contributed by atoms with Gasteiger partial charge < -0.3 is 20.7 Å². The summed E-state index contributed by atoms with van der Waals surface area (Å²) in [6.45, 7) is -0.997. The van der Waals surface area contributed by atoms with Gasteiger partial charge in [0.1, 0.15) is 11.5 Å². The van der Waals surface area contributed by atoms with Crippen LogP contribution in [0.4, 0.5) is 0 Å². The van der Waals surface area contributed by atoms with E-state index in [0.717, 1.165) is 16.6 Å². The van der Waals surface area contributed by atoms with Crippen molar-refractivity contribution in [3.63, 3.8) is 0 Å². The van der Waals surface area contributed by atoms with E-state index in [4.69, 9.17) is 15.6 Å². The van der Waals surface area contributed by atoms with Gasteiger partial charge in [-0.05, 0) is 48.5 Å². The molecule has 5 N–H and O–H groups in total. The first-order valence-corrected chi connectivity index (χ1v) is 9.61. The number of primary amides is 1. The lowest BCUT2D eigenvalue weighted by Crippen LogP contribution is -2.61. The average molecular weight is 459 g/mol. The highest BCUT2D eigenvalue weighted by atomic mass is 79.9. The quantitative estimate of drug-likeness (QED) is 0.423. The fourth-order valence-electron chi connectivity index (χ4n) is 2.01. The van der Waals surface area contributed by atoms with Gasteiger partial charge in [-0.15, -0.1) is 0 Å². The summed E-state index contributed by atoms with van der Waals surface area (Å²) in [4.78, 5) is 21.7. The molecule has 1 atom stereocenters. The molecule has 0 saturated heterocycles. The van der Waals surface area contributed by atoms with Crippen LogP contribution in [-0.4, -0.2) is 42.1 Å². The first kappa shape index (κ1) is 20.8. The van der Waals surface area contributed by atoms with E-state index in [0.29, 0.717) is 11.5 Å². The summed E-state index contributed by atoms with van der Waals surface area (Å²) in [6, 6.07) is 11.7. The number of aliphatic hydroxyl groups is 1. The predicted molar refractivity (Wildman–Crippen MR) is 97.6 cm³/mol. The summed E-state index contributed by atoms with van der Waals surface area (Å²) in [7, 11) is -4.75. The van der Waals surface area contributed by atoms with E-state index in [9.17, 15) is 23.1 Å². The average Bonchev–Trinajstić information content (AvgIpc) is 2.61. The molecule has 2 aromatic rings. The normalized spacial score (nSPS) is 13.6. The number of ether oxygens (including phenoxy) is 1. The zero-order chi connectivity index (χ0) is 20.2. The number of hydrogen-bond acceptors (Lipinski definition) is 7. The van der Waals surface area contributed by atoms with E-state index in [1.54, 1.807) is 29.6 Å². The number of nitrogens with one attached hydrogen (secondary N) is 1. The number of benzene rings is 2. The van der Waals surface area contributed by atoms with E-state index in [-0.39, 0.29) is 0 Å². The minimum absolute atomic E-state index is 0.303. The van der Waals surface area contributed by atoms with E-state index < -0.39 is 38.2 Å². The molecule has 0 bridgehead atoms. The van der Waals surface area contributed by atoms with Crippen molar-refractivity contribution < 1.29 is 33.0 Å². The molecule has 0 aromatic heterocycles. The highest BCUT2D eigenvalue weighted by Gasteiger charge is 2.49. The summed E-state index contributed by atoms with van der Waals surface area (Å²) < 4.78 is 31.5. The Morgan fingerprint density at radius 3 is 2.00 bits per heavy atom. The van der Waals surface area contributed by atoms with Crippen LogP contribution in [0, 0.1) is 0 Å². The molecule has 0 aliphatic carbocycles. The number of amides is 1. The number of hydrogen-bond donors (Lipinski definition) is 4. The van der Waals surface area contributed by atoms with Crippen molar-refractivity contribution in [3.8, 4) is 11.5 Å². The van der Waals surface area contributed by atoms with Gasteiger partial charge >= 0.3 is 11.0 Å². The monoisotopic (exact) mass is 458 g/mol. The highest BCUT2D eigenvalue weighted by molar-refractivity contribution is 9.10. The molecular formula is C16H15BrN2O7S. The van der Waals surface area contributed by atoms with Gasteiger partial charge in [-0.2, -0.15) is 0 Å². The second-order valence-corrected chi connectivity index (χ2v) is 8.27. The topological polar surface area (TPSA) is 156 Å². The second-order valence-electron chi connectivity index (χ2n) is 5.29. The number of rotatable bonds is 8. The summed E-state index contributed by atoms with van der Waals surface area (Å²) in [5.41, 5.74) is 4.97. The number of halogens is 1. The number of nitrogens with two attached hydrogens (primary N) is 1. The number of carboxylic acids is 1. The highest BCUT2D eigenvalue weighted by Crippen LogP contribution is 2.27. The third-order valence-electron chi connectivity index (χ3n) is 3.39. The number of carbonyl (C=O) groups is 2. The number of sulfone groups is 1. The first-order valence-electron chi connectivity index (χ1n) is 7.33. The molecule has 9 nitrogen and oxygen atoms in total. The van der Waals surface area contributed by atoms with E-state index in [1.807, 2.05) is 0 Å². The van der Waals surface area contributed by atoms with Crippen molar-refractivity contribution in [1.82, 2.24) is 5.32 Å². The smallest absolute Gasteiger partial charge is 0.317 e. The third kappa shape index (κ3) is 4.63. The van der Waals surface area contributed by atoms with Crippen LogP contribution in [0.3, 0.4) is 0 Å². The van der Waals surface area contributed by atoms with Crippen LogP contribution in [0.25, 0.3) is 0 Å². The van der Waals surface area contributed by atoms with Crippen molar-refractivity contribution in [1.29, 1.82) is 0 Å². The van der Waals surface area contributed by atoms with Crippen LogP contribution >= 0.6 is 15.9 Å². The van der Waals surface area contributed by atoms with Crippen LogP contribution in [-0.2, 0) is 19.4 Å². The maximum Gasteiger partial charge on any atom is 0.317 e. The van der Waals surface area contributed by atoms with Gasteiger partial charge in [0.2, 0.25) is 9.84 Å². The molecule has 0 spiro atoms. The summed E-state index contributed by atoms with van der Waals surface area (Å²) >= 11 is 3.29. The fourth-order valence-corrected chi connectivity index (χ4v) is 3.63. The first-order chi connectivity index (χ1) is 12.6. The van der Waals surface area contributed by atoms with Gasteiger partial charge in [-0.1, -0.05) is 15.9 Å². The van der Waals surface area contributed by atoms with E-state index in [1.165, 1.54) is 12.1 Å². The van der Waals surface area contributed by atoms with Crippen LogP contribution < -0.4 is 15.8 Å². The molecule has 0 saturated carbocycles. The Kier molecular flexibility index (Phi) is 6.21. The van der Waals surface area contributed by atoms with Gasteiger partial charge in [0.05, 0.1) is 11.4 Å². The minimum atomic E-state index is -4.75. The summed E-state index contributed by atoms with van der Waals surface area (Å²) in [5.74, 6) is -2.33. The third-order valence-corrected chi connectivity index (χ3v) is 5.93. The standard InChI is InChI=1S/C16H15BrN2O7S/c17-10-1-3-11(4-2-10)26-12-5-7-13(8-6-12)27(24,25)16(23,15(18)22)19-9-14(20)21/h1-8,19,23H,9H2,(H2,18,22)(H,20,21). The molecule has 1 amide bonds. The Morgan fingerprint density at radius 1 is 1.07 bits per heavy atom. The molecule has 1 unspecified atom stereocenters. The van der Waals surface area contributed by atoms with Gasteiger partial charge in [-0.25, -0.2) is 8.42 Å². The van der Waals surface area contributed by atoms with Crippen LogP contribution in [0.2, 0.25) is 0 Å². The predicted octanol–water partition coefficient (Wildman–Crippen LogP) is 0.821. The van der Waals surface area contributed by atoms with E-state index >= 15 is 0 Å². The maximum atomic E-state index is 12.6. The van der Waals surface area contributed by atoms with Crippen molar-refractivity contribution in [2.75, 3.05) is 6.54 Å². The van der Waals surface area contributed by atoms with Crippen molar-refractivity contribution in [2.45, 2.75) is 9.95 Å². The van der Waals surface area contributed by atoms with Crippen molar-refractivity contribution >= 4 is 37.6 Å². The molecule has 0 fully saturated rings. The summed E-state index contributed by atoms with van der Waals surface area (Å²) in [6.07, 6.45) is 0. The Hall–Kier alpha value is -2.47. The Labute approximate surface area is 162 Å². The lowest BCUT2D eigenvalue weighted by atomic mass is 10.3. The maximum absolute atomic E-state index is 12.6. The number of carbonyl (C=O) groups excluding carboxylic acids is 1. The van der Waals surface area contributed by atoms with Crippen molar-refractivity contribution in [3.05, 3.63) is 53.0 Å². The van der Waals surface area contributed by atoms with Crippen LogP contribution in [0.15, 0.2) is 57.9 Å². The molecular weight excluding hydrogens is 444 g/mol. The molecule has 0 heterocycles. The molecule has 11 heteroatoms. The summed E-state index contributed by atoms with van der Waals surface area (Å²) in [5, 5.41) is 17.3. The Morgan fingerprint density at radius 2 is 1.56 bits per heavy atom. The molecule has 0 aliphatic heterocycles. The Bertz CT molecular complexity index is 946. The lowest BCUT2D eigenvalue weighted by molar-refractivity contribution is -0.138. The van der Waals surface area contributed by atoms with Crippen LogP contribution in [0.1, 0.15) is 0 Å². The van der Waals surface area contributed by atoms with Gasteiger partial charge in [0, 0.05) is 4.47 Å². The molecule has 0 radical (unpaired) electrons. The van der Waals surface area contributed by atoms with Gasteiger partial charge in [0.25, 0.3) is 5.91 Å². The van der Waals surface area contributed by atoms with Gasteiger partial charge in [0.15, 0.2) is 0 Å². The van der Waals surface area contributed by atoms with Crippen LogP contribution in [0.5, 0.6) is 11.5 Å². The largest absolute Gasteiger partial charge is 0.480 e. The fraction of sp³-hybridized carbons (Fsp3) is 0.125. The minimum Gasteiger partial charge on any atom is -0.480 e. The van der Waals surface area contributed by atoms with Gasteiger partial charge in [-0.3, -0.25) is 14.9 Å². The zero-order valence-corrected chi connectivity index (χ0v) is 16.0. The molecule has 2 rings (SSSR count). The molecule has 0 aliphatic rings. The van der Waals surface area contributed by atoms with Crippen molar-refractivity contribution in [2.24, 2.45) is 5.73 Å². The molecule has 27 heavy (non-hydrogen) atoms. The van der Waals surface area contributed by atoms with E-state index in [2.05, 4.69) is 15.9 Å². The Balaban J connectivity index is 2.28. The number of aliphatic carboxylic acids is 1. The molecule has 144 valence electrons.